The van der Waals surface area contributed by atoms with Crippen LogP contribution in [-0.4, -0.2) is 45.9 Å². The highest BCUT2D eigenvalue weighted by Crippen LogP contribution is 2.29. The Morgan fingerprint density at radius 2 is 2.13 bits per heavy atom. The molecule has 2 heterocycles. The van der Waals surface area contributed by atoms with Crippen molar-refractivity contribution in [3.63, 3.8) is 0 Å². The zero-order valence-corrected chi connectivity index (χ0v) is 17.0. The molecule has 1 aliphatic rings. The van der Waals surface area contributed by atoms with E-state index >= 15 is 0 Å². The number of ether oxygens (including phenoxy) is 1. The molecule has 1 aromatic carbocycles. The molecule has 1 aliphatic heterocycles. The number of nitrogens with zero attached hydrogens (tertiary/aromatic N) is 3. The number of pyridine rings is 1. The summed E-state index contributed by atoms with van der Waals surface area (Å²) in [5, 5.41) is 18.9. The van der Waals surface area contributed by atoms with Crippen LogP contribution in [0.15, 0.2) is 36.5 Å². The van der Waals surface area contributed by atoms with E-state index in [0.29, 0.717) is 36.4 Å². The van der Waals surface area contributed by atoms with Crippen molar-refractivity contribution in [2.45, 2.75) is 45.1 Å². The van der Waals surface area contributed by atoms with Crippen molar-refractivity contribution in [3.8, 4) is 17.6 Å². The standard InChI is InChI=1S/C23H25N3O4/c1-16(27)22-20(28)10-4-11-21(22)30-15-17-7-2-3-14-26(17)23(29)18-8-6-13-25-19(18)9-5-12-24/h4,6,8,10-11,13,17,28H,2-3,5,7,9,14-15H2,1H3/t17-/m0/s1. The molecule has 0 unspecified atom stereocenters. The van der Waals surface area contributed by atoms with Gasteiger partial charge in [0, 0.05) is 25.6 Å². The first kappa shape index (κ1) is 21.3. The van der Waals surface area contributed by atoms with Crippen molar-refractivity contribution in [1.29, 1.82) is 5.26 Å². The van der Waals surface area contributed by atoms with Crippen LogP contribution in [0.3, 0.4) is 0 Å². The third-order valence-corrected chi connectivity index (χ3v) is 5.27. The summed E-state index contributed by atoms with van der Waals surface area (Å²) in [6, 6.07) is 10.1. The number of Topliss-reactive ketones (excluding diaryl/α,β-unsaturated/α-hetero) is 1. The molecule has 1 N–H and O–H groups in total. The maximum absolute atomic E-state index is 13.3. The van der Waals surface area contributed by atoms with E-state index in [1.54, 1.807) is 35.4 Å². The number of aromatic hydroxyl groups is 1. The van der Waals surface area contributed by atoms with Crippen LogP contribution in [0.5, 0.6) is 11.5 Å². The van der Waals surface area contributed by atoms with E-state index in [4.69, 9.17) is 10.00 Å². The number of likely N-dealkylation sites (tertiary alicyclic amines) is 1. The number of phenols is 1. The fourth-order valence-corrected chi connectivity index (χ4v) is 3.78. The van der Waals surface area contributed by atoms with Crippen LogP contribution in [0.25, 0.3) is 0 Å². The minimum atomic E-state index is -0.280. The Kier molecular flexibility index (Phi) is 7.02. The van der Waals surface area contributed by atoms with Gasteiger partial charge in [-0.05, 0) is 50.5 Å². The highest BCUT2D eigenvalue weighted by atomic mass is 16.5. The average Bonchev–Trinajstić information content (AvgIpc) is 2.76. The highest BCUT2D eigenvalue weighted by Gasteiger charge is 2.30. The van der Waals surface area contributed by atoms with Crippen molar-refractivity contribution >= 4 is 11.7 Å². The van der Waals surface area contributed by atoms with Gasteiger partial charge in [-0.2, -0.15) is 5.26 Å². The largest absolute Gasteiger partial charge is 0.507 e. The molecule has 156 valence electrons. The number of carbonyl (C=O) groups excluding carboxylic acids is 2. The summed E-state index contributed by atoms with van der Waals surface area (Å²) in [5.74, 6) is -0.199. The summed E-state index contributed by atoms with van der Waals surface area (Å²) < 4.78 is 5.90. The lowest BCUT2D eigenvalue weighted by Crippen LogP contribution is -2.47. The molecule has 0 spiro atoms. The van der Waals surface area contributed by atoms with E-state index < -0.39 is 0 Å². The van der Waals surface area contributed by atoms with Crippen molar-refractivity contribution in [2.75, 3.05) is 13.2 Å². The minimum absolute atomic E-state index is 0.117. The van der Waals surface area contributed by atoms with Gasteiger partial charge in [-0.15, -0.1) is 0 Å². The predicted molar refractivity (Wildman–Crippen MR) is 110 cm³/mol. The maximum atomic E-state index is 13.3. The van der Waals surface area contributed by atoms with E-state index in [1.807, 2.05) is 0 Å². The molecule has 1 atom stereocenters. The molecule has 2 aromatic rings. The maximum Gasteiger partial charge on any atom is 0.256 e. The van der Waals surface area contributed by atoms with Crippen LogP contribution in [0, 0.1) is 11.3 Å². The van der Waals surface area contributed by atoms with E-state index in [9.17, 15) is 14.7 Å². The lowest BCUT2D eigenvalue weighted by Gasteiger charge is -2.36. The molecule has 7 nitrogen and oxygen atoms in total. The summed E-state index contributed by atoms with van der Waals surface area (Å²) >= 11 is 0. The number of amides is 1. The van der Waals surface area contributed by atoms with Crippen LogP contribution < -0.4 is 4.74 Å². The first-order valence-corrected chi connectivity index (χ1v) is 10.1. The second kappa shape index (κ2) is 9.88. The fourth-order valence-electron chi connectivity index (χ4n) is 3.78. The van der Waals surface area contributed by atoms with Crippen LogP contribution >= 0.6 is 0 Å². The first-order valence-electron chi connectivity index (χ1n) is 10.1. The number of hydrogen-bond donors (Lipinski definition) is 1. The van der Waals surface area contributed by atoms with Crippen molar-refractivity contribution in [3.05, 3.63) is 53.3 Å². The van der Waals surface area contributed by atoms with Crippen LogP contribution in [0.4, 0.5) is 0 Å². The van der Waals surface area contributed by atoms with Gasteiger partial charge in [0.15, 0.2) is 5.78 Å². The molecular formula is C23H25N3O4. The summed E-state index contributed by atoms with van der Waals surface area (Å²) in [6.45, 7) is 2.21. The number of nitriles is 1. The van der Waals surface area contributed by atoms with Crippen LogP contribution in [0.2, 0.25) is 0 Å². The molecule has 0 saturated carbocycles. The van der Waals surface area contributed by atoms with Crippen molar-refractivity contribution in [1.82, 2.24) is 9.88 Å². The Morgan fingerprint density at radius 3 is 2.90 bits per heavy atom. The number of aryl methyl sites for hydroxylation is 1. The number of phenolic OH excluding ortho intramolecular Hbond substituents is 1. The number of hydrogen-bond acceptors (Lipinski definition) is 6. The smallest absolute Gasteiger partial charge is 0.256 e. The van der Waals surface area contributed by atoms with Gasteiger partial charge >= 0.3 is 0 Å². The minimum Gasteiger partial charge on any atom is -0.507 e. The molecule has 0 aliphatic carbocycles. The van der Waals surface area contributed by atoms with Crippen molar-refractivity contribution < 1.29 is 19.4 Å². The second-order valence-electron chi connectivity index (χ2n) is 7.32. The lowest BCUT2D eigenvalue weighted by atomic mass is 10.00. The zero-order valence-electron chi connectivity index (χ0n) is 17.0. The number of ketones is 1. The fraction of sp³-hybridized carbons (Fsp3) is 0.391. The summed E-state index contributed by atoms with van der Waals surface area (Å²) in [4.78, 5) is 31.3. The Hall–Kier alpha value is -3.40. The van der Waals surface area contributed by atoms with Crippen LogP contribution in [0.1, 0.15) is 59.0 Å². The van der Waals surface area contributed by atoms with Crippen molar-refractivity contribution in [2.24, 2.45) is 0 Å². The van der Waals surface area contributed by atoms with E-state index in [1.165, 1.54) is 13.0 Å². The third-order valence-electron chi connectivity index (χ3n) is 5.27. The Morgan fingerprint density at radius 1 is 1.30 bits per heavy atom. The number of benzene rings is 1. The van der Waals surface area contributed by atoms with Gasteiger partial charge in [0.1, 0.15) is 23.7 Å². The summed E-state index contributed by atoms with van der Waals surface area (Å²) in [5.41, 5.74) is 1.29. The molecule has 1 aromatic heterocycles. The molecule has 1 fully saturated rings. The Balaban J connectivity index is 1.78. The Bertz CT molecular complexity index is 967. The van der Waals surface area contributed by atoms with Gasteiger partial charge in [-0.1, -0.05) is 6.07 Å². The summed E-state index contributed by atoms with van der Waals surface area (Å²) in [7, 11) is 0. The predicted octanol–water partition coefficient (Wildman–Crippen LogP) is 3.52. The number of aromatic nitrogens is 1. The van der Waals surface area contributed by atoms with E-state index in [-0.39, 0.29) is 35.7 Å². The molecule has 0 radical (unpaired) electrons. The lowest BCUT2D eigenvalue weighted by molar-refractivity contribution is 0.0524. The highest BCUT2D eigenvalue weighted by molar-refractivity contribution is 5.99. The third kappa shape index (κ3) is 4.77. The molecule has 1 amide bonds. The molecule has 7 heteroatoms. The first-order chi connectivity index (χ1) is 14.5. The number of piperidine rings is 1. The normalized spacial score (nSPS) is 16.0. The second-order valence-corrected chi connectivity index (χ2v) is 7.32. The molecule has 1 saturated heterocycles. The van der Waals surface area contributed by atoms with Gasteiger partial charge in [0.05, 0.1) is 23.4 Å². The van der Waals surface area contributed by atoms with Gasteiger partial charge in [0.2, 0.25) is 0 Å². The molecular weight excluding hydrogens is 382 g/mol. The Labute approximate surface area is 175 Å². The number of carbonyl (C=O) groups is 2. The van der Waals surface area contributed by atoms with Gasteiger partial charge in [-0.3, -0.25) is 14.6 Å². The molecule has 30 heavy (non-hydrogen) atoms. The van der Waals surface area contributed by atoms with Gasteiger partial charge in [0.25, 0.3) is 5.91 Å². The van der Waals surface area contributed by atoms with E-state index in [0.717, 1.165) is 19.3 Å². The van der Waals surface area contributed by atoms with Crippen LogP contribution in [-0.2, 0) is 6.42 Å². The van der Waals surface area contributed by atoms with E-state index in [2.05, 4.69) is 11.1 Å². The topological polar surface area (TPSA) is 104 Å². The quantitative estimate of drug-likeness (QED) is 0.705. The molecule has 3 rings (SSSR count). The molecule has 0 bridgehead atoms. The average molecular weight is 407 g/mol. The van der Waals surface area contributed by atoms with Gasteiger partial charge in [-0.25, -0.2) is 0 Å². The van der Waals surface area contributed by atoms with Gasteiger partial charge < -0.3 is 14.7 Å². The monoisotopic (exact) mass is 407 g/mol. The zero-order chi connectivity index (χ0) is 21.5. The number of rotatable bonds is 7. The SMILES string of the molecule is CC(=O)c1c(O)cccc1OC[C@@H]1CCCCN1C(=O)c1cccnc1CCC#N. The summed E-state index contributed by atoms with van der Waals surface area (Å²) in [6.07, 6.45) is 5.03.